The molecule has 0 saturated carbocycles. The summed E-state index contributed by atoms with van der Waals surface area (Å²) in [4.78, 5) is 13.3. The second-order valence-corrected chi connectivity index (χ2v) is 10.0. The van der Waals surface area contributed by atoms with Gasteiger partial charge in [0.2, 0.25) is 0 Å². The number of nitrogens with one attached hydrogen (secondary N) is 1. The maximum absolute atomic E-state index is 12.8. The molecule has 0 aliphatic carbocycles. The molecule has 4 rings (SSSR count). The van der Waals surface area contributed by atoms with E-state index in [4.69, 9.17) is 4.74 Å². The van der Waals surface area contributed by atoms with Crippen LogP contribution in [0.15, 0.2) is 59.5 Å². The van der Waals surface area contributed by atoms with Gasteiger partial charge in [-0.25, -0.2) is 8.42 Å². The number of thiophene rings is 1. The van der Waals surface area contributed by atoms with Crippen LogP contribution in [0.3, 0.4) is 0 Å². The Morgan fingerprint density at radius 1 is 1.21 bits per heavy atom. The standard InChI is InChI=1S/C21H22N2O4S2/c1-23(29(25,26)18-7-3-2-4-8-18)16-9-10-19-15(12-16)13-20(28-19)21(24)22-14-17-6-5-11-27-17/h2-4,7-10,12-13,17H,5-6,11,14H2,1H3,(H,22,24)/t17-/m0/s1. The van der Waals surface area contributed by atoms with E-state index in [0.717, 1.165) is 29.5 Å². The lowest BCUT2D eigenvalue weighted by Crippen LogP contribution is -2.31. The number of anilines is 1. The average Bonchev–Trinajstić information content (AvgIpc) is 3.41. The molecule has 2 heterocycles. The minimum Gasteiger partial charge on any atom is -0.376 e. The minimum absolute atomic E-state index is 0.0942. The van der Waals surface area contributed by atoms with Crippen LogP contribution in [0.5, 0.6) is 0 Å². The van der Waals surface area contributed by atoms with Crippen LogP contribution in [0.4, 0.5) is 5.69 Å². The highest BCUT2D eigenvalue weighted by molar-refractivity contribution is 7.92. The third-order valence-corrected chi connectivity index (χ3v) is 7.92. The van der Waals surface area contributed by atoms with Crippen molar-refractivity contribution in [3.63, 3.8) is 0 Å². The lowest BCUT2D eigenvalue weighted by atomic mass is 10.2. The summed E-state index contributed by atoms with van der Waals surface area (Å²) in [7, 11) is -2.11. The zero-order valence-corrected chi connectivity index (χ0v) is 17.6. The molecule has 1 N–H and O–H groups in total. The smallest absolute Gasteiger partial charge is 0.264 e. The molecule has 1 aliphatic rings. The summed E-state index contributed by atoms with van der Waals surface area (Å²) in [6.45, 7) is 1.27. The molecule has 1 amide bonds. The predicted octanol–water partition coefficient (Wildman–Crippen LogP) is 3.64. The molecule has 1 saturated heterocycles. The molecule has 8 heteroatoms. The van der Waals surface area contributed by atoms with Crippen molar-refractivity contribution in [3.05, 3.63) is 59.5 Å². The van der Waals surface area contributed by atoms with Gasteiger partial charge in [0.25, 0.3) is 15.9 Å². The number of fused-ring (bicyclic) bond motifs is 1. The zero-order valence-electron chi connectivity index (χ0n) is 16.0. The van der Waals surface area contributed by atoms with Crippen molar-refractivity contribution < 1.29 is 17.9 Å². The van der Waals surface area contributed by atoms with Crippen LogP contribution in [-0.4, -0.2) is 40.6 Å². The summed E-state index contributed by atoms with van der Waals surface area (Å²) < 4.78 is 33.4. The van der Waals surface area contributed by atoms with Gasteiger partial charge in [-0.3, -0.25) is 9.10 Å². The second-order valence-electron chi connectivity index (χ2n) is 6.96. The largest absolute Gasteiger partial charge is 0.376 e. The van der Waals surface area contributed by atoms with Gasteiger partial charge in [-0.2, -0.15) is 0 Å². The van der Waals surface area contributed by atoms with Gasteiger partial charge < -0.3 is 10.1 Å². The molecule has 0 bridgehead atoms. The molecule has 0 unspecified atom stereocenters. The van der Waals surface area contributed by atoms with Crippen LogP contribution in [-0.2, 0) is 14.8 Å². The number of ether oxygens (including phenoxy) is 1. The van der Waals surface area contributed by atoms with Crippen LogP contribution in [0.1, 0.15) is 22.5 Å². The fourth-order valence-electron chi connectivity index (χ4n) is 3.33. The summed E-state index contributed by atoms with van der Waals surface area (Å²) in [6.07, 6.45) is 2.10. The Morgan fingerprint density at radius 3 is 2.72 bits per heavy atom. The fraction of sp³-hybridized carbons (Fsp3) is 0.286. The summed E-state index contributed by atoms with van der Waals surface area (Å²) in [5.74, 6) is -0.131. The Kier molecular flexibility index (Phi) is 5.58. The van der Waals surface area contributed by atoms with Gasteiger partial charge in [0, 0.05) is 24.9 Å². The number of nitrogens with zero attached hydrogens (tertiary/aromatic N) is 1. The Labute approximate surface area is 174 Å². The lowest BCUT2D eigenvalue weighted by Gasteiger charge is -2.19. The number of amides is 1. The average molecular weight is 431 g/mol. The number of benzene rings is 2. The Bertz CT molecular complexity index is 1120. The molecule has 6 nitrogen and oxygen atoms in total. The molecular formula is C21H22N2O4S2. The SMILES string of the molecule is CN(c1ccc2sc(C(=O)NC[C@@H]3CCCO3)cc2c1)S(=O)(=O)c1ccccc1. The van der Waals surface area contributed by atoms with E-state index in [0.29, 0.717) is 17.1 Å². The van der Waals surface area contributed by atoms with Crippen molar-refractivity contribution in [3.8, 4) is 0 Å². The Balaban J connectivity index is 1.54. The summed E-state index contributed by atoms with van der Waals surface area (Å²) in [5.41, 5.74) is 0.547. The molecule has 1 aliphatic heterocycles. The first-order chi connectivity index (χ1) is 13.9. The third kappa shape index (κ3) is 4.14. The molecular weight excluding hydrogens is 408 g/mol. The van der Waals surface area contributed by atoms with Gasteiger partial charge in [-0.1, -0.05) is 18.2 Å². The molecule has 1 atom stereocenters. The molecule has 1 aromatic heterocycles. The van der Waals surface area contributed by atoms with E-state index in [1.807, 2.05) is 6.07 Å². The van der Waals surface area contributed by atoms with E-state index in [2.05, 4.69) is 5.32 Å². The van der Waals surface area contributed by atoms with Crippen molar-refractivity contribution >= 4 is 43.0 Å². The van der Waals surface area contributed by atoms with E-state index >= 15 is 0 Å². The zero-order chi connectivity index (χ0) is 20.4. The van der Waals surface area contributed by atoms with Crippen LogP contribution >= 0.6 is 11.3 Å². The van der Waals surface area contributed by atoms with Gasteiger partial charge >= 0.3 is 0 Å². The molecule has 3 aromatic rings. The van der Waals surface area contributed by atoms with Gasteiger partial charge in [-0.05, 0) is 54.6 Å². The highest BCUT2D eigenvalue weighted by Crippen LogP contribution is 2.31. The van der Waals surface area contributed by atoms with Crippen molar-refractivity contribution in [1.29, 1.82) is 0 Å². The Hall–Kier alpha value is -2.42. The van der Waals surface area contributed by atoms with E-state index in [1.54, 1.807) is 48.5 Å². The summed E-state index contributed by atoms with van der Waals surface area (Å²) >= 11 is 1.39. The van der Waals surface area contributed by atoms with Crippen molar-refractivity contribution in [2.75, 3.05) is 24.5 Å². The topological polar surface area (TPSA) is 75.7 Å². The van der Waals surface area contributed by atoms with E-state index in [1.165, 1.54) is 22.7 Å². The van der Waals surface area contributed by atoms with E-state index in [9.17, 15) is 13.2 Å². The third-order valence-electron chi connectivity index (χ3n) is 5.00. The van der Waals surface area contributed by atoms with E-state index in [-0.39, 0.29) is 16.9 Å². The van der Waals surface area contributed by atoms with Crippen LogP contribution in [0.25, 0.3) is 10.1 Å². The number of carbonyl (C=O) groups is 1. The van der Waals surface area contributed by atoms with Crippen molar-refractivity contribution in [1.82, 2.24) is 5.32 Å². The van der Waals surface area contributed by atoms with Crippen molar-refractivity contribution in [2.45, 2.75) is 23.8 Å². The fourth-order valence-corrected chi connectivity index (χ4v) is 5.49. The second kappa shape index (κ2) is 8.14. The quantitative estimate of drug-likeness (QED) is 0.648. The van der Waals surface area contributed by atoms with Crippen LogP contribution < -0.4 is 9.62 Å². The van der Waals surface area contributed by atoms with Gasteiger partial charge in [0.05, 0.1) is 21.6 Å². The van der Waals surface area contributed by atoms with Gasteiger partial charge in [0.1, 0.15) is 0 Å². The highest BCUT2D eigenvalue weighted by atomic mass is 32.2. The first kappa shape index (κ1) is 19.9. The lowest BCUT2D eigenvalue weighted by molar-refractivity contribution is 0.0861. The van der Waals surface area contributed by atoms with Gasteiger partial charge in [-0.15, -0.1) is 11.3 Å². The molecule has 152 valence electrons. The number of rotatable bonds is 6. The molecule has 0 radical (unpaired) electrons. The van der Waals surface area contributed by atoms with Crippen molar-refractivity contribution in [2.24, 2.45) is 0 Å². The molecule has 0 spiro atoms. The van der Waals surface area contributed by atoms with Crippen LogP contribution in [0, 0.1) is 0 Å². The summed E-state index contributed by atoms with van der Waals surface area (Å²) in [6, 6.07) is 15.5. The highest BCUT2D eigenvalue weighted by Gasteiger charge is 2.22. The molecule has 1 fully saturated rings. The monoisotopic (exact) mass is 430 g/mol. The first-order valence-corrected chi connectivity index (χ1v) is 11.7. The van der Waals surface area contributed by atoms with Gasteiger partial charge in [0.15, 0.2) is 0 Å². The normalized spacial score (nSPS) is 16.8. The number of sulfonamides is 1. The maximum Gasteiger partial charge on any atom is 0.264 e. The number of hydrogen-bond donors (Lipinski definition) is 1. The molecule has 29 heavy (non-hydrogen) atoms. The Morgan fingerprint density at radius 2 is 2.00 bits per heavy atom. The maximum atomic E-state index is 12.8. The molecule has 2 aromatic carbocycles. The van der Waals surface area contributed by atoms with E-state index < -0.39 is 10.0 Å². The number of hydrogen-bond acceptors (Lipinski definition) is 5. The summed E-state index contributed by atoms with van der Waals surface area (Å²) in [5, 5.41) is 3.76. The predicted molar refractivity (Wildman–Crippen MR) is 115 cm³/mol. The minimum atomic E-state index is -3.64. The first-order valence-electron chi connectivity index (χ1n) is 9.42. The van der Waals surface area contributed by atoms with Crippen LogP contribution in [0.2, 0.25) is 0 Å². The number of carbonyl (C=O) groups excluding carboxylic acids is 1.